The normalized spacial score (nSPS) is 11.5. The summed E-state index contributed by atoms with van der Waals surface area (Å²) in [5.41, 5.74) is 12.0. The van der Waals surface area contributed by atoms with Crippen LogP contribution in [0.2, 0.25) is 0 Å². The van der Waals surface area contributed by atoms with E-state index in [1.54, 1.807) is 0 Å². The molecule has 240 valence electrons. The first kappa shape index (κ1) is 29.5. The van der Waals surface area contributed by atoms with Gasteiger partial charge in [-0.1, -0.05) is 140 Å². The van der Waals surface area contributed by atoms with Crippen LogP contribution in [0.3, 0.4) is 0 Å². The maximum absolute atomic E-state index is 6.86. The van der Waals surface area contributed by atoms with Gasteiger partial charge in [-0.25, -0.2) is 0 Å². The first-order valence-corrected chi connectivity index (χ1v) is 18.1. The lowest BCUT2D eigenvalue weighted by molar-refractivity contribution is 0.669. The molecule has 0 saturated carbocycles. The van der Waals surface area contributed by atoms with Gasteiger partial charge in [0.15, 0.2) is 5.58 Å². The van der Waals surface area contributed by atoms with Gasteiger partial charge < -0.3 is 9.32 Å². The van der Waals surface area contributed by atoms with Crippen molar-refractivity contribution in [2.75, 3.05) is 4.90 Å². The van der Waals surface area contributed by atoms with Crippen molar-refractivity contribution >= 4 is 70.5 Å². The van der Waals surface area contributed by atoms with Crippen LogP contribution in [-0.4, -0.2) is 0 Å². The maximum atomic E-state index is 6.86. The molecule has 2 nitrogen and oxygen atoms in total. The van der Waals surface area contributed by atoms with Crippen LogP contribution in [-0.2, 0) is 0 Å². The molecule has 0 N–H and O–H groups in total. The van der Waals surface area contributed by atoms with Crippen LogP contribution in [0, 0.1) is 0 Å². The molecule has 2 heterocycles. The Morgan fingerprint density at radius 3 is 1.80 bits per heavy atom. The molecule has 10 aromatic rings. The molecule has 0 atom stereocenters. The van der Waals surface area contributed by atoms with E-state index in [9.17, 15) is 0 Å². The van der Waals surface area contributed by atoms with Gasteiger partial charge in [-0.15, -0.1) is 11.3 Å². The molecule has 2 aromatic heterocycles. The number of fused-ring (bicyclic) bond motifs is 6. The smallest absolute Gasteiger partial charge is 0.160 e. The third kappa shape index (κ3) is 5.01. The van der Waals surface area contributed by atoms with Crippen LogP contribution in [0.25, 0.3) is 75.5 Å². The Balaban J connectivity index is 1.24. The molecule has 0 aliphatic carbocycles. The Morgan fingerprint density at radius 2 is 1.02 bits per heavy atom. The summed E-state index contributed by atoms with van der Waals surface area (Å²) >= 11 is 1.84. The zero-order valence-electron chi connectivity index (χ0n) is 27.7. The summed E-state index contributed by atoms with van der Waals surface area (Å²) in [6.45, 7) is 0. The van der Waals surface area contributed by atoms with Crippen molar-refractivity contribution < 1.29 is 4.42 Å². The first-order chi connectivity index (χ1) is 25.3. The Hall–Kier alpha value is -6.42. The monoisotopic (exact) mass is 669 g/mol. The highest BCUT2D eigenvalue weighted by Crippen LogP contribution is 2.51. The van der Waals surface area contributed by atoms with Crippen molar-refractivity contribution in [2.24, 2.45) is 0 Å². The Bertz CT molecular complexity index is 2850. The molecule has 51 heavy (non-hydrogen) atoms. The second-order valence-electron chi connectivity index (χ2n) is 12.9. The largest absolute Gasteiger partial charge is 0.454 e. The van der Waals surface area contributed by atoms with E-state index in [0.29, 0.717) is 0 Å². The number of thiophene rings is 1. The van der Waals surface area contributed by atoms with Gasteiger partial charge in [0.25, 0.3) is 0 Å². The minimum absolute atomic E-state index is 0.869. The molecule has 0 aliphatic heterocycles. The van der Waals surface area contributed by atoms with Crippen molar-refractivity contribution in [2.45, 2.75) is 0 Å². The average Bonchev–Trinajstić information content (AvgIpc) is 3.78. The summed E-state index contributed by atoms with van der Waals surface area (Å²) in [6.07, 6.45) is 0. The summed E-state index contributed by atoms with van der Waals surface area (Å²) in [4.78, 5) is 2.43. The second kappa shape index (κ2) is 12.2. The van der Waals surface area contributed by atoms with Crippen molar-refractivity contribution in [1.29, 1.82) is 0 Å². The molecule has 3 heteroatoms. The topological polar surface area (TPSA) is 16.4 Å². The molecule has 0 amide bonds. The fraction of sp³-hybridized carbons (Fsp3) is 0. The number of nitrogens with zero attached hydrogens (tertiary/aromatic N) is 1. The van der Waals surface area contributed by atoms with Gasteiger partial charge in [0.1, 0.15) is 5.58 Å². The van der Waals surface area contributed by atoms with Gasteiger partial charge in [-0.2, -0.15) is 0 Å². The lowest BCUT2D eigenvalue weighted by atomic mass is 9.97. The first-order valence-electron chi connectivity index (χ1n) is 17.3. The van der Waals surface area contributed by atoms with Crippen LogP contribution >= 0.6 is 11.3 Å². The van der Waals surface area contributed by atoms with Crippen LogP contribution < -0.4 is 4.90 Å². The van der Waals surface area contributed by atoms with E-state index < -0.39 is 0 Å². The molecule has 10 rings (SSSR count). The predicted octanol–water partition coefficient (Wildman–Crippen LogP) is 14.4. The average molecular weight is 670 g/mol. The second-order valence-corrected chi connectivity index (χ2v) is 14.0. The van der Waals surface area contributed by atoms with Gasteiger partial charge in [0.2, 0.25) is 0 Å². The zero-order valence-corrected chi connectivity index (χ0v) is 28.5. The van der Waals surface area contributed by atoms with Gasteiger partial charge >= 0.3 is 0 Å². The Labute approximate surface area is 300 Å². The van der Waals surface area contributed by atoms with E-state index in [0.717, 1.165) is 50.1 Å². The van der Waals surface area contributed by atoms with E-state index in [1.807, 2.05) is 17.4 Å². The van der Waals surface area contributed by atoms with E-state index >= 15 is 0 Å². The van der Waals surface area contributed by atoms with Gasteiger partial charge in [-0.05, 0) is 76.3 Å². The van der Waals surface area contributed by atoms with Crippen LogP contribution in [0.1, 0.15) is 0 Å². The van der Waals surface area contributed by atoms with E-state index in [1.165, 1.54) is 42.4 Å². The number of anilines is 3. The number of hydrogen-bond donors (Lipinski definition) is 0. The molecule has 0 saturated heterocycles. The van der Waals surface area contributed by atoms with Gasteiger partial charge in [-0.3, -0.25) is 0 Å². The Morgan fingerprint density at radius 1 is 0.412 bits per heavy atom. The van der Waals surface area contributed by atoms with Gasteiger partial charge in [0, 0.05) is 42.2 Å². The minimum atomic E-state index is 0.869. The highest BCUT2D eigenvalue weighted by atomic mass is 32.1. The molecule has 8 aromatic carbocycles. The van der Waals surface area contributed by atoms with Crippen LogP contribution in [0.4, 0.5) is 17.1 Å². The van der Waals surface area contributed by atoms with Crippen molar-refractivity contribution in [3.63, 3.8) is 0 Å². The highest BCUT2D eigenvalue weighted by Gasteiger charge is 2.26. The lowest BCUT2D eigenvalue weighted by Crippen LogP contribution is -2.12. The molecule has 0 unspecified atom stereocenters. The SMILES string of the molecule is c1ccc(-c2cccc(-c3ccc(N(c4c(-c5ccccc5)ccc5c4oc4ccccc45)c4cccc5sc6ccccc6c45)cc3)c2)cc1. The van der Waals surface area contributed by atoms with Crippen molar-refractivity contribution in [1.82, 2.24) is 0 Å². The molecular weight excluding hydrogens is 639 g/mol. The summed E-state index contributed by atoms with van der Waals surface area (Å²) in [5.74, 6) is 0. The molecule has 0 bridgehead atoms. The zero-order chi connectivity index (χ0) is 33.7. The Kier molecular flexibility index (Phi) is 7.04. The fourth-order valence-corrected chi connectivity index (χ4v) is 8.62. The maximum Gasteiger partial charge on any atom is 0.160 e. The lowest BCUT2D eigenvalue weighted by Gasteiger charge is -2.29. The van der Waals surface area contributed by atoms with Crippen LogP contribution in [0.15, 0.2) is 192 Å². The molecular formula is C48H31NOS. The summed E-state index contributed by atoms with van der Waals surface area (Å²) < 4.78 is 9.39. The van der Waals surface area contributed by atoms with Crippen molar-refractivity contribution in [3.8, 4) is 33.4 Å². The van der Waals surface area contributed by atoms with E-state index in [4.69, 9.17) is 4.42 Å². The minimum Gasteiger partial charge on any atom is -0.454 e. The highest BCUT2D eigenvalue weighted by molar-refractivity contribution is 7.26. The number of furan rings is 1. The summed E-state index contributed by atoms with van der Waals surface area (Å²) in [5, 5.41) is 4.71. The molecule has 0 aliphatic rings. The quantitative estimate of drug-likeness (QED) is 0.175. The molecule has 0 fully saturated rings. The molecule has 0 spiro atoms. The van der Waals surface area contributed by atoms with E-state index in [2.05, 4.69) is 187 Å². The third-order valence-corrected chi connectivity index (χ3v) is 11.0. The number of hydrogen-bond acceptors (Lipinski definition) is 3. The van der Waals surface area contributed by atoms with Gasteiger partial charge in [0.05, 0.1) is 11.4 Å². The number of para-hydroxylation sites is 1. The number of rotatable bonds is 6. The fourth-order valence-electron chi connectivity index (χ4n) is 7.49. The van der Waals surface area contributed by atoms with Crippen LogP contribution in [0.5, 0.6) is 0 Å². The number of benzene rings is 8. The summed E-state index contributed by atoms with van der Waals surface area (Å²) in [6, 6.07) is 67.3. The van der Waals surface area contributed by atoms with E-state index in [-0.39, 0.29) is 0 Å². The van der Waals surface area contributed by atoms with Crippen molar-refractivity contribution in [3.05, 3.63) is 188 Å². The predicted molar refractivity (Wildman–Crippen MR) is 218 cm³/mol. The standard InChI is InChI=1S/C48H31NOS/c1-3-13-32(14-4-1)35-17-11-18-36(31-35)33-25-27-37(28-26-33)49(42-21-12-24-45-46(42)41-20-8-10-23-44(41)51-45)47-38(34-15-5-2-6-16-34)29-30-40-39-19-7-9-22-43(39)50-48(40)47/h1-31H. The molecule has 0 radical (unpaired) electrons. The summed E-state index contributed by atoms with van der Waals surface area (Å²) in [7, 11) is 0. The third-order valence-electron chi connectivity index (χ3n) is 9.88.